The Labute approximate surface area is 335 Å². The summed E-state index contributed by atoms with van der Waals surface area (Å²) >= 11 is 0. The number of carbonyl (C=O) groups is 1. The lowest BCUT2D eigenvalue weighted by atomic mass is 10.0. The summed E-state index contributed by atoms with van der Waals surface area (Å²) in [6.45, 7) is 4.85. The minimum Gasteiger partial charge on any atom is -0.391 e. The maximum absolute atomic E-state index is 12.8. The molecule has 3 atom stereocenters. The molecule has 0 heterocycles. The van der Waals surface area contributed by atoms with Gasteiger partial charge in [-0.2, -0.15) is 0 Å². The molecule has 9 heteroatoms. The van der Waals surface area contributed by atoms with E-state index >= 15 is 0 Å². The molecular weight excluding hydrogens is 695 g/mol. The molecule has 0 aromatic heterocycles. The number of quaternary nitrogens is 1. The number of carbonyl (C=O) groups excluding carboxylic acids is 1. The van der Waals surface area contributed by atoms with Crippen LogP contribution in [0.4, 0.5) is 0 Å². The van der Waals surface area contributed by atoms with E-state index in [0.717, 1.165) is 51.4 Å². The summed E-state index contributed by atoms with van der Waals surface area (Å²) < 4.78 is 23.6. The van der Waals surface area contributed by atoms with Crippen molar-refractivity contribution in [3.63, 3.8) is 0 Å². The Morgan fingerprint density at radius 2 is 1.02 bits per heavy atom. The lowest BCUT2D eigenvalue weighted by molar-refractivity contribution is -0.870. The summed E-state index contributed by atoms with van der Waals surface area (Å²) in [6.07, 6.45) is 42.4. The number of hydrogen-bond donors (Lipinski definition) is 3. The molecule has 0 saturated heterocycles. The van der Waals surface area contributed by atoms with Crippen LogP contribution in [0, 0.1) is 0 Å². The fourth-order valence-electron chi connectivity index (χ4n) is 6.79. The van der Waals surface area contributed by atoms with Crippen LogP contribution >= 0.6 is 7.82 Å². The quantitative estimate of drug-likeness (QED) is 0.0246. The van der Waals surface area contributed by atoms with E-state index in [2.05, 4.69) is 31.3 Å². The Kier molecular flexibility index (Phi) is 37.3. The third-order valence-electron chi connectivity index (χ3n) is 10.5. The van der Waals surface area contributed by atoms with Gasteiger partial charge in [-0.3, -0.25) is 13.8 Å². The zero-order valence-corrected chi connectivity index (χ0v) is 37.4. The normalized spacial score (nSPS) is 14.4. The summed E-state index contributed by atoms with van der Waals surface area (Å²) in [5, 5.41) is 13.9. The first-order valence-corrected chi connectivity index (χ1v) is 24.5. The number of phosphoric acid groups is 1. The average Bonchev–Trinajstić information content (AvgIpc) is 3.12. The van der Waals surface area contributed by atoms with Crippen LogP contribution in [-0.2, 0) is 18.4 Å². The van der Waals surface area contributed by atoms with Crippen LogP contribution in [0.2, 0.25) is 0 Å². The molecule has 0 rings (SSSR count). The molecule has 0 aliphatic rings. The van der Waals surface area contributed by atoms with E-state index < -0.39 is 20.0 Å². The molecule has 0 bridgehead atoms. The second-order valence-corrected chi connectivity index (χ2v) is 18.6. The number of rotatable bonds is 42. The van der Waals surface area contributed by atoms with Gasteiger partial charge in [-0.1, -0.05) is 193 Å². The largest absolute Gasteiger partial charge is 0.472 e. The van der Waals surface area contributed by atoms with Crippen molar-refractivity contribution in [2.24, 2.45) is 0 Å². The molecule has 3 N–H and O–H groups in total. The number of allylic oxidation sites excluding steroid dienone is 2. The lowest BCUT2D eigenvalue weighted by Crippen LogP contribution is -2.46. The third kappa shape index (κ3) is 39.5. The van der Waals surface area contributed by atoms with Crippen molar-refractivity contribution in [3.05, 3.63) is 12.2 Å². The van der Waals surface area contributed by atoms with Crippen molar-refractivity contribution >= 4 is 13.7 Å². The van der Waals surface area contributed by atoms with E-state index in [1.165, 1.54) is 141 Å². The number of phosphoric ester groups is 1. The molecule has 3 unspecified atom stereocenters. The monoisotopic (exact) mass is 788 g/mol. The highest BCUT2D eigenvalue weighted by Crippen LogP contribution is 2.43. The Bertz CT molecular complexity index is 896. The number of nitrogens with one attached hydrogen (secondary N) is 1. The molecule has 0 aliphatic heterocycles. The molecule has 0 aliphatic carbocycles. The maximum Gasteiger partial charge on any atom is 0.472 e. The molecule has 0 fully saturated rings. The van der Waals surface area contributed by atoms with Gasteiger partial charge in [0.2, 0.25) is 5.91 Å². The second kappa shape index (κ2) is 37.8. The second-order valence-electron chi connectivity index (χ2n) is 17.1. The van der Waals surface area contributed by atoms with Crippen LogP contribution < -0.4 is 5.32 Å². The van der Waals surface area contributed by atoms with Crippen molar-refractivity contribution < 1.29 is 32.9 Å². The van der Waals surface area contributed by atoms with Gasteiger partial charge in [0.15, 0.2) is 0 Å². The summed E-state index contributed by atoms with van der Waals surface area (Å²) in [7, 11) is 1.62. The minimum atomic E-state index is -4.31. The molecule has 0 saturated carbocycles. The Morgan fingerprint density at radius 1 is 0.611 bits per heavy atom. The van der Waals surface area contributed by atoms with E-state index in [-0.39, 0.29) is 19.1 Å². The predicted molar refractivity (Wildman–Crippen MR) is 231 cm³/mol. The van der Waals surface area contributed by atoms with Gasteiger partial charge in [-0.05, 0) is 32.1 Å². The van der Waals surface area contributed by atoms with Crippen LogP contribution in [0.5, 0.6) is 0 Å². The first-order valence-electron chi connectivity index (χ1n) is 23.1. The Balaban J connectivity index is 4.24. The number of unbranched alkanes of at least 4 members (excludes halogenated alkanes) is 27. The predicted octanol–water partition coefficient (Wildman–Crippen LogP) is 12.8. The molecule has 8 nitrogen and oxygen atoms in total. The van der Waals surface area contributed by atoms with Gasteiger partial charge >= 0.3 is 7.82 Å². The number of aliphatic hydroxyl groups is 1. The van der Waals surface area contributed by atoms with Gasteiger partial charge in [0, 0.05) is 6.42 Å². The highest BCUT2D eigenvalue weighted by molar-refractivity contribution is 7.47. The average molecular weight is 788 g/mol. The van der Waals surface area contributed by atoms with Crippen molar-refractivity contribution in [3.8, 4) is 0 Å². The highest BCUT2D eigenvalue weighted by Gasteiger charge is 2.28. The number of likely N-dealkylation sites (N-methyl/N-ethyl adjacent to an activating group) is 1. The maximum atomic E-state index is 12.8. The van der Waals surface area contributed by atoms with Crippen LogP contribution in [0.15, 0.2) is 12.2 Å². The van der Waals surface area contributed by atoms with Crippen LogP contribution in [-0.4, -0.2) is 73.4 Å². The number of amides is 1. The van der Waals surface area contributed by atoms with Gasteiger partial charge in [0.05, 0.1) is 39.9 Å². The fourth-order valence-corrected chi connectivity index (χ4v) is 7.53. The molecule has 0 aromatic rings. The summed E-state index contributed by atoms with van der Waals surface area (Å²) in [4.78, 5) is 23.1. The van der Waals surface area contributed by atoms with Crippen molar-refractivity contribution in [2.45, 2.75) is 231 Å². The summed E-state index contributed by atoms with van der Waals surface area (Å²) in [5.41, 5.74) is 0. The van der Waals surface area contributed by atoms with Gasteiger partial charge in [0.1, 0.15) is 13.2 Å². The molecule has 1 amide bonds. The Hall–Kier alpha value is -0.760. The SMILES string of the molecule is CCCC/C=C\CCCCCCCC(=O)NC(COP(=O)(O)OCC[N+](C)(C)C)C(O)CCCCCCCCCCCCCCCCCCCCCCC. The van der Waals surface area contributed by atoms with Crippen molar-refractivity contribution in [1.29, 1.82) is 0 Å². The standard InChI is InChI=1S/C45H91N2O6P/c1-6-8-10-12-14-16-18-19-20-21-22-23-24-25-26-27-29-30-32-34-36-38-44(48)43(42-53-54(50,51)52-41-40-47(3,4)5)46-45(49)39-37-35-33-31-28-17-15-13-11-9-7-2/h13,15,43-44,48H,6-12,14,16-42H2,1-5H3,(H-,46,49,50,51)/p+1/b15-13-. The number of hydrogen-bond acceptors (Lipinski definition) is 5. The summed E-state index contributed by atoms with van der Waals surface area (Å²) in [5.74, 6) is -0.154. The molecule has 54 heavy (non-hydrogen) atoms. The van der Waals surface area contributed by atoms with Crippen LogP contribution in [0.3, 0.4) is 0 Å². The van der Waals surface area contributed by atoms with E-state index in [9.17, 15) is 19.4 Å². The molecule has 0 spiro atoms. The third-order valence-corrected chi connectivity index (χ3v) is 11.5. The van der Waals surface area contributed by atoms with Gasteiger partial charge in [-0.25, -0.2) is 4.57 Å². The zero-order valence-electron chi connectivity index (χ0n) is 36.5. The first kappa shape index (κ1) is 53.2. The van der Waals surface area contributed by atoms with Gasteiger partial charge < -0.3 is 19.8 Å². The number of nitrogens with zero attached hydrogens (tertiary/aromatic N) is 1. The van der Waals surface area contributed by atoms with Crippen molar-refractivity contribution in [1.82, 2.24) is 5.32 Å². The summed E-state index contributed by atoms with van der Waals surface area (Å²) in [6, 6.07) is -0.760. The van der Waals surface area contributed by atoms with E-state index in [1.54, 1.807) is 0 Å². The van der Waals surface area contributed by atoms with Gasteiger partial charge in [-0.15, -0.1) is 0 Å². The van der Waals surface area contributed by atoms with Crippen LogP contribution in [0.25, 0.3) is 0 Å². The molecule has 0 aromatic carbocycles. The van der Waals surface area contributed by atoms with E-state index in [0.29, 0.717) is 23.9 Å². The fraction of sp³-hybridized carbons (Fsp3) is 0.933. The van der Waals surface area contributed by atoms with Crippen molar-refractivity contribution in [2.75, 3.05) is 40.9 Å². The molecule has 0 radical (unpaired) electrons. The molecular formula is C45H92N2O6P+. The minimum absolute atomic E-state index is 0.0748. The zero-order chi connectivity index (χ0) is 40.0. The first-order chi connectivity index (χ1) is 26.0. The smallest absolute Gasteiger partial charge is 0.391 e. The Morgan fingerprint density at radius 3 is 1.48 bits per heavy atom. The molecule has 322 valence electrons. The highest BCUT2D eigenvalue weighted by atomic mass is 31.2. The van der Waals surface area contributed by atoms with Gasteiger partial charge in [0.25, 0.3) is 0 Å². The lowest BCUT2D eigenvalue weighted by Gasteiger charge is -2.26. The van der Waals surface area contributed by atoms with E-state index in [4.69, 9.17) is 9.05 Å². The number of aliphatic hydroxyl groups excluding tert-OH is 1. The van der Waals surface area contributed by atoms with Crippen LogP contribution in [0.1, 0.15) is 219 Å². The topological polar surface area (TPSA) is 105 Å². The van der Waals surface area contributed by atoms with E-state index in [1.807, 2.05) is 21.1 Å².